The Kier molecular flexibility index (Phi) is 8.60. The van der Waals surface area contributed by atoms with E-state index in [0.717, 1.165) is 32.1 Å². The van der Waals surface area contributed by atoms with Gasteiger partial charge < -0.3 is 37.0 Å². The molecule has 4 amide bonds. The van der Waals surface area contributed by atoms with Crippen LogP contribution in [-0.2, 0) is 14.4 Å². The number of aliphatic carboxylic acids is 1. The number of carboxylic acid groups (broad SMARTS) is 1. The predicted octanol–water partition coefficient (Wildman–Crippen LogP) is -1.13. The van der Waals surface area contributed by atoms with Gasteiger partial charge in [-0.2, -0.15) is 0 Å². The van der Waals surface area contributed by atoms with Gasteiger partial charge in [-0.15, -0.1) is 0 Å². The van der Waals surface area contributed by atoms with E-state index in [4.69, 9.17) is 10.8 Å². The number of nitrogens with one attached hydrogen (secondary N) is 3. The third kappa shape index (κ3) is 6.99. The molecule has 168 valence electrons. The van der Waals surface area contributed by atoms with Crippen molar-refractivity contribution in [2.24, 2.45) is 5.73 Å². The Morgan fingerprint density at radius 1 is 1.10 bits per heavy atom. The summed E-state index contributed by atoms with van der Waals surface area (Å²) in [4.78, 5) is 46.9. The summed E-state index contributed by atoms with van der Waals surface area (Å²) in [5.74, 6) is -2.75. The first-order valence-corrected chi connectivity index (χ1v) is 10.1. The van der Waals surface area contributed by atoms with Crippen molar-refractivity contribution < 1.29 is 34.5 Å². The molecule has 2 aliphatic carbocycles. The average Bonchev–Trinajstić information content (AvgIpc) is 2.68. The topological polar surface area (TPSA) is 191 Å². The van der Waals surface area contributed by atoms with E-state index >= 15 is 0 Å². The summed E-state index contributed by atoms with van der Waals surface area (Å²) in [6.07, 6.45) is 2.91. The fourth-order valence-electron chi connectivity index (χ4n) is 3.69. The van der Waals surface area contributed by atoms with Gasteiger partial charge in [-0.25, -0.2) is 4.79 Å². The Labute approximate surface area is 174 Å². The first kappa shape index (κ1) is 23.6. The zero-order valence-electron chi connectivity index (χ0n) is 16.7. The van der Waals surface area contributed by atoms with Crippen molar-refractivity contribution in [3.63, 3.8) is 0 Å². The van der Waals surface area contributed by atoms with Crippen molar-refractivity contribution in [3.8, 4) is 0 Å². The van der Waals surface area contributed by atoms with Gasteiger partial charge >= 0.3 is 12.0 Å². The second-order valence-corrected chi connectivity index (χ2v) is 7.79. The molecule has 4 atom stereocenters. The van der Waals surface area contributed by atoms with Crippen LogP contribution >= 0.6 is 0 Å². The predicted molar refractivity (Wildman–Crippen MR) is 105 cm³/mol. The molecular formula is C19H30N4O7. The maximum Gasteiger partial charge on any atom is 0.315 e. The van der Waals surface area contributed by atoms with Gasteiger partial charge in [-0.3, -0.25) is 14.4 Å². The maximum absolute atomic E-state index is 12.5. The Morgan fingerprint density at radius 2 is 1.77 bits per heavy atom. The highest BCUT2D eigenvalue weighted by atomic mass is 16.4. The maximum atomic E-state index is 12.5. The molecule has 0 bridgehead atoms. The molecule has 0 aromatic heterocycles. The van der Waals surface area contributed by atoms with Crippen LogP contribution in [0.2, 0.25) is 0 Å². The fraction of sp³-hybridized carbons (Fsp3) is 0.684. The summed E-state index contributed by atoms with van der Waals surface area (Å²) in [5.41, 5.74) is 5.26. The molecule has 2 rings (SSSR count). The van der Waals surface area contributed by atoms with Crippen molar-refractivity contribution in [1.82, 2.24) is 16.0 Å². The molecule has 11 nitrogen and oxygen atoms in total. The monoisotopic (exact) mass is 426 g/mol. The number of carboxylic acids is 1. The lowest BCUT2D eigenvalue weighted by atomic mass is 9.89. The van der Waals surface area contributed by atoms with Crippen molar-refractivity contribution >= 4 is 23.8 Å². The Morgan fingerprint density at radius 3 is 2.37 bits per heavy atom. The zero-order valence-corrected chi connectivity index (χ0v) is 16.7. The molecule has 0 aliphatic heterocycles. The Hall–Kier alpha value is -2.66. The van der Waals surface area contributed by atoms with E-state index in [-0.39, 0.29) is 30.9 Å². The van der Waals surface area contributed by atoms with Crippen molar-refractivity contribution in [2.45, 2.75) is 81.7 Å². The first-order valence-electron chi connectivity index (χ1n) is 10.1. The molecule has 0 heterocycles. The van der Waals surface area contributed by atoms with E-state index in [1.807, 2.05) is 0 Å². The van der Waals surface area contributed by atoms with Crippen LogP contribution in [-0.4, -0.2) is 69.5 Å². The molecule has 0 aromatic carbocycles. The third-order valence-corrected chi connectivity index (χ3v) is 5.40. The number of urea groups is 1. The number of hydrogen-bond acceptors (Lipinski definition) is 6. The summed E-state index contributed by atoms with van der Waals surface area (Å²) in [7, 11) is 0. The summed E-state index contributed by atoms with van der Waals surface area (Å²) in [6, 6.07) is -2.67. The van der Waals surface area contributed by atoms with Gasteiger partial charge in [0, 0.05) is 24.5 Å². The van der Waals surface area contributed by atoms with E-state index in [1.165, 1.54) is 6.08 Å². The molecule has 30 heavy (non-hydrogen) atoms. The van der Waals surface area contributed by atoms with E-state index < -0.39 is 48.1 Å². The first-order chi connectivity index (χ1) is 14.2. The number of hydrogen-bond donors (Lipinski definition) is 7. The minimum Gasteiger partial charge on any atom is -0.481 e. The zero-order chi connectivity index (χ0) is 22.3. The van der Waals surface area contributed by atoms with Crippen molar-refractivity contribution in [1.29, 1.82) is 0 Å². The lowest BCUT2D eigenvalue weighted by Crippen LogP contribution is -2.55. The number of aliphatic hydroxyl groups excluding tert-OH is 2. The SMILES string of the molecule is NC(=O)C(CCC(=O)O)NC(=O)C1=CC(NC(=O)NC2CCCCC2)C(O)C(O)C1. The highest BCUT2D eigenvalue weighted by Crippen LogP contribution is 2.21. The molecule has 0 radical (unpaired) electrons. The van der Waals surface area contributed by atoms with Crippen LogP contribution in [0.5, 0.6) is 0 Å². The van der Waals surface area contributed by atoms with Crippen LogP contribution < -0.4 is 21.7 Å². The summed E-state index contributed by atoms with van der Waals surface area (Å²) in [6.45, 7) is 0. The van der Waals surface area contributed by atoms with Gasteiger partial charge in [-0.05, 0) is 19.3 Å². The average molecular weight is 426 g/mol. The molecule has 1 saturated carbocycles. The Bertz CT molecular complexity index is 690. The standard InChI is InChI=1S/C19H30N4O7/c20-17(28)12(6-7-15(25)26)22-18(29)10-8-13(16(27)14(24)9-10)23-19(30)21-11-4-2-1-3-5-11/h8,11-14,16,24,27H,1-7,9H2,(H2,20,28)(H,22,29)(H,25,26)(H2,21,23,30). The molecule has 8 N–H and O–H groups in total. The van der Waals surface area contributed by atoms with Crippen LogP contribution in [0.15, 0.2) is 11.6 Å². The van der Waals surface area contributed by atoms with E-state index in [1.54, 1.807) is 0 Å². The van der Waals surface area contributed by atoms with Crippen LogP contribution in [0.4, 0.5) is 4.79 Å². The molecule has 0 spiro atoms. The molecule has 1 fully saturated rings. The van der Waals surface area contributed by atoms with Crippen LogP contribution in [0.3, 0.4) is 0 Å². The largest absolute Gasteiger partial charge is 0.481 e. The molecule has 0 saturated heterocycles. The smallest absolute Gasteiger partial charge is 0.315 e. The van der Waals surface area contributed by atoms with Crippen LogP contribution in [0, 0.1) is 0 Å². The second kappa shape index (κ2) is 10.9. The number of aliphatic hydroxyl groups is 2. The van der Waals surface area contributed by atoms with Crippen molar-refractivity contribution in [2.75, 3.05) is 0 Å². The lowest BCUT2D eigenvalue weighted by molar-refractivity contribution is -0.137. The quantitative estimate of drug-likeness (QED) is 0.255. The van der Waals surface area contributed by atoms with E-state index in [0.29, 0.717) is 0 Å². The van der Waals surface area contributed by atoms with Gasteiger partial charge in [0.05, 0.1) is 12.1 Å². The van der Waals surface area contributed by atoms with Crippen molar-refractivity contribution in [3.05, 3.63) is 11.6 Å². The van der Waals surface area contributed by atoms with Crippen LogP contribution in [0.1, 0.15) is 51.4 Å². The van der Waals surface area contributed by atoms with E-state index in [2.05, 4.69) is 16.0 Å². The van der Waals surface area contributed by atoms with Gasteiger partial charge in [0.1, 0.15) is 12.1 Å². The minimum atomic E-state index is -1.31. The third-order valence-electron chi connectivity index (χ3n) is 5.40. The molecule has 11 heteroatoms. The number of rotatable bonds is 8. The number of carbonyl (C=O) groups is 4. The highest BCUT2D eigenvalue weighted by molar-refractivity contribution is 5.97. The lowest BCUT2D eigenvalue weighted by Gasteiger charge is -2.32. The van der Waals surface area contributed by atoms with Gasteiger partial charge in [0.15, 0.2) is 0 Å². The Balaban J connectivity index is 2.01. The van der Waals surface area contributed by atoms with Gasteiger partial charge in [-0.1, -0.05) is 25.3 Å². The van der Waals surface area contributed by atoms with Crippen LogP contribution in [0.25, 0.3) is 0 Å². The molecule has 4 unspecified atom stereocenters. The van der Waals surface area contributed by atoms with E-state index in [9.17, 15) is 29.4 Å². The van der Waals surface area contributed by atoms with Gasteiger partial charge in [0.25, 0.3) is 0 Å². The summed E-state index contributed by atoms with van der Waals surface area (Å²) >= 11 is 0. The summed E-state index contributed by atoms with van der Waals surface area (Å²) in [5, 5.41) is 36.8. The molecule has 0 aromatic rings. The number of primary amides is 1. The summed E-state index contributed by atoms with van der Waals surface area (Å²) < 4.78 is 0. The highest BCUT2D eigenvalue weighted by Gasteiger charge is 2.34. The minimum absolute atomic E-state index is 0.0433. The van der Waals surface area contributed by atoms with Gasteiger partial charge in [0.2, 0.25) is 11.8 Å². The number of amides is 4. The fourth-order valence-corrected chi connectivity index (χ4v) is 3.69. The number of carbonyl (C=O) groups excluding carboxylic acids is 3. The normalized spacial score (nSPS) is 25.5. The second-order valence-electron chi connectivity index (χ2n) is 7.79. The molecular weight excluding hydrogens is 396 g/mol. The number of nitrogens with two attached hydrogens (primary N) is 1. The molecule has 2 aliphatic rings.